The quantitative estimate of drug-likeness (QED) is 0.751. The Morgan fingerprint density at radius 2 is 1.83 bits per heavy atom. The van der Waals surface area contributed by atoms with E-state index < -0.39 is 0 Å². The van der Waals surface area contributed by atoms with Crippen LogP contribution in [0.15, 0.2) is 59.5 Å². The van der Waals surface area contributed by atoms with Crippen molar-refractivity contribution in [3.63, 3.8) is 0 Å². The second-order valence-electron chi connectivity index (χ2n) is 5.91. The van der Waals surface area contributed by atoms with Crippen molar-refractivity contribution in [1.82, 2.24) is 4.57 Å². The van der Waals surface area contributed by atoms with Crippen LogP contribution < -0.4 is 16.0 Å². The van der Waals surface area contributed by atoms with E-state index in [0.717, 1.165) is 22.4 Å². The average Bonchev–Trinajstić information content (AvgIpc) is 2.51. The molecule has 118 valence electrons. The van der Waals surface area contributed by atoms with Gasteiger partial charge in [-0.1, -0.05) is 12.1 Å². The fraction of sp³-hybridized carbons (Fsp3) is 0.211. The van der Waals surface area contributed by atoms with Gasteiger partial charge in [0.1, 0.15) is 5.75 Å². The first kappa shape index (κ1) is 15.2. The summed E-state index contributed by atoms with van der Waals surface area (Å²) < 4.78 is 7.38. The van der Waals surface area contributed by atoms with E-state index in [1.807, 2.05) is 68.6 Å². The average molecular weight is 308 g/mol. The highest BCUT2D eigenvalue weighted by molar-refractivity contribution is 5.82. The molecule has 0 saturated heterocycles. The van der Waals surface area contributed by atoms with Gasteiger partial charge in [-0.25, -0.2) is 0 Å². The molecule has 0 radical (unpaired) electrons. The molecule has 0 unspecified atom stereocenters. The highest BCUT2D eigenvalue weighted by atomic mass is 16.5. The van der Waals surface area contributed by atoms with Gasteiger partial charge in [0.25, 0.3) is 5.56 Å². The zero-order valence-corrected chi connectivity index (χ0v) is 13.3. The van der Waals surface area contributed by atoms with Crippen molar-refractivity contribution in [3.05, 3.63) is 70.6 Å². The summed E-state index contributed by atoms with van der Waals surface area (Å²) in [6.45, 7) is 4.49. The molecular formula is C19H20N2O2. The smallest absolute Gasteiger partial charge is 0.258 e. The molecule has 3 aromatic rings. The van der Waals surface area contributed by atoms with Crippen LogP contribution >= 0.6 is 0 Å². The van der Waals surface area contributed by atoms with Crippen molar-refractivity contribution in [1.29, 1.82) is 0 Å². The van der Waals surface area contributed by atoms with E-state index in [1.165, 1.54) is 0 Å². The largest absolute Gasteiger partial charge is 0.491 e. The van der Waals surface area contributed by atoms with Crippen molar-refractivity contribution in [2.45, 2.75) is 26.5 Å². The monoisotopic (exact) mass is 308 g/mol. The number of nitrogen functional groups attached to an aromatic ring is 1. The first-order valence-corrected chi connectivity index (χ1v) is 7.67. The first-order valence-electron chi connectivity index (χ1n) is 7.67. The molecule has 1 aromatic heterocycles. The predicted octanol–water partition coefficient (Wildman–Crippen LogP) is 3.42. The zero-order chi connectivity index (χ0) is 16.4. The lowest BCUT2D eigenvalue weighted by atomic mass is 10.1. The molecular weight excluding hydrogens is 288 g/mol. The summed E-state index contributed by atoms with van der Waals surface area (Å²) in [5.74, 6) is 0.781. The number of aromatic nitrogens is 1. The number of ether oxygens (including phenoxy) is 1. The van der Waals surface area contributed by atoms with Gasteiger partial charge in [-0.15, -0.1) is 0 Å². The van der Waals surface area contributed by atoms with Gasteiger partial charge in [-0.2, -0.15) is 0 Å². The summed E-state index contributed by atoms with van der Waals surface area (Å²) in [7, 11) is 0. The van der Waals surface area contributed by atoms with Gasteiger partial charge >= 0.3 is 0 Å². The molecule has 0 atom stereocenters. The van der Waals surface area contributed by atoms with E-state index in [0.29, 0.717) is 11.9 Å². The summed E-state index contributed by atoms with van der Waals surface area (Å²) in [6, 6.07) is 15.1. The van der Waals surface area contributed by atoms with Gasteiger partial charge in [-0.3, -0.25) is 4.79 Å². The fourth-order valence-electron chi connectivity index (χ4n) is 2.56. The molecule has 0 spiro atoms. The minimum absolute atomic E-state index is 0.00424. The van der Waals surface area contributed by atoms with Crippen LogP contribution in [0.4, 0.5) is 5.69 Å². The van der Waals surface area contributed by atoms with Crippen LogP contribution in [0, 0.1) is 0 Å². The molecule has 0 bridgehead atoms. The summed E-state index contributed by atoms with van der Waals surface area (Å²) in [4.78, 5) is 12.6. The Balaban J connectivity index is 1.95. The van der Waals surface area contributed by atoms with Crippen molar-refractivity contribution in [2.24, 2.45) is 0 Å². The number of hydrogen-bond acceptors (Lipinski definition) is 3. The molecule has 4 nitrogen and oxygen atoms in total. The Morgan fingerprint density at radius 1 is 1.09 bits per heavy atom. The Morgan fingerprint density at radius 3 is 2.52 bits per heavy atom. The number of hydrogen-bond donors (Lipinski definition) is 1. The number of nitrogens with zero attached hydrogens (tertiary/aromatic N) is 1. The van der Waals surface area contributed by atoms with Gasteiger partial charge in [0, 0.05) is 17.3 Å². The third kappa shape index (κ3) is 3.37. The van der Waals surface area contributed by atoms with Crippen LogP contribution in [-0.2, 0) is 6.54 Å². The lowest BCUT2D eigenvalue weighted by Crippen LogP contribution is -2.20. The number of benzene rings is 2. The van der Waals surface area contributed by atoms with Gasteiger partial charge in [0.05, 0.1) is 12.6 Å². The number of fused-ring (bicyclic) bond motifs is 1. The van der Waals surface area contributed by atoms with Gasteiger partial charge in [-0.05, 0) is 61.2 Å². The number of pyridine rings is 1. The van der Waals surface area contributed by atoms with Crippen molar-refractivity contribution < 1.29 is 4.74 Å². The lowest BCUT2D eigenvalue weighted by molar-refractivity contribution is 0.243. The van der Waals surface area contributed by atoms with Gasteiger partial charge in [0.15, 0.2) is 0 Å². The van der Waals surface area contributed by atoms with Gasteiger partial charge in [0.2, 0.25) is 0 Å². The molecule has 0 fully saturated rings. The van der Waals surface area contributed by atoms with E-state index in [-0.39, 0.29) is 11.7 Å². The number of rotatable bonds is 4. The Labute approximate surface area is 135 Å². The predicted molar refractivity (Wildman–Crippen MR) is 93.9 cm³/mol. The maximum atomic E-state index is 12.6. The standard InChI is InChI=1S/C19H20N2O2/c1-13(2)23-17-7-8-18-15(11-17)9-10-21(19(18)22)12-14-3-5-16(20)6-4-14/h3-11,13H,12,20H2,1-2H3. The molecule has 1 heterocycles. The maximum Gasteiger partial charge on any atom is 0.258 e. The molecule has 4 heteroatoms. The van der Waals surface area contributed by atoms with Crippen molar-refractivity contribution >= 4 is 16.5 Å². The van der Waals surface area contributed by atoms with E-state index in [1.54, 1.807) is 4.57 Å². The summed E-state index contributed by atoms with van der Waals surface area (Å²) in [6.07, 6.45) is 1.93. The van der Waals surface area contributed by atoms with E-state index >= 15 is 0 Å². The molecule has 23 heavy (non-hydrogen) atoms. The third-order valence-electron chi connectivity index (χ3n) is 3.65. The van der Waals surface area contributed by atoms with E-state index in [4.69, 9.17) is 10.5 Å². The summed E-state index contributed by atoms with van der Waals surface area (Å²) >= 11 is 0. The fourth-order valence-corrected chi connectivity index (χ4v) is 2.56. The molecule has 2 N–H and O–H groups in total. The van der Waals surface area contributed by atoms with E-state index in [2.05, 4.69) is 0 Å². The molecule has 3 rings (SSSR count). The first-order chi connectivity index (χ1) is 11.0. The lowest BCUT2D eigenvalue weighted by Gasteiger charge is -2.11. The van der Waals surface area contributed by atoms with Crippen molar-refractivity contribution in [3.8, 4) is 5.75 Å². The number of nitrogens with two attached hydrogens (primary N) is 1. The highest BCUT2D eigenvalue weighted by Crippen LogP contribution is 2.19. The van der Waals surface area contributed by atoms with Crippen LogP contribution in [0.25, 0.3) is 10.8 Å². The van der Waals surface area contributed by atoms with Crippen LogP contribution in [0.1, 0.15) is 19.4 Å². The van der Waals surface area contributed by atoms with Crippen molar-refractivity contribution in [2.75, 3.05) is 5.73 Å². The van der Waals surface area contributed by atoms with Crippen LogP contribution in [-0.4, -0.2) is 10.7 Å². The minimum Gasteiger partial charge on any atom is -0.491 e. The molecule has 0 aliphatic heterocycles. The topological polar surface area (TPSA) is 57.2 Å². The van der Waals surface area contributed by atoms with Gasteiger partial charge < -0.3 is 15.0 Å². The molecule has 0 amide bonds. The Kier molecular flexibility index (Phi) is 4.06. The highest BCUT2D eigenvalue weighted by Gasteiger charge is 2.06. The van der Waals surface area contributed by atoms with Crippen LogP contribution in [0.3, 0.4) is 0 Å². The summed E-state index contributed by atoms with van der Waals surface area (Å²) in [5, 5.41) is 1.58. The molecule has 0 saturated carbocycles. The van der Waals surface area contributed by atoms with E-state index in [9.17, 15) is 4.79 Å². The minimum atomic E-state index is -0.00424. The molecule has 0 aliphatic carbocycles. The zero-order valence-electron chi connectivity index (χ0n) is 13.3. The Hall–Kier alpha value is -2.75. The van der Waals surface area contributed by atoms with Crippen LogP contribution in [0.5, 0.6) is 5.75 Å². The third-order valence-corrected chi connectivity index (χ3v) is 3.65. The second-order valence-corrected chi connectivity index (χ2v) is 5.91. The normalized spacial score (nSPS) is 11.1. The number of anilines is 1. The molecule has 2 aromatic carbocycles. The maximum absolute atomic E-state index is 12.6. The summed E-state index contributed by atoms with van der Waals surface area (Å²) in [5.41, 5.74) is 7.45. The SMILES string of the molecule is CC(C)Oc1ccc2c(=O)n(Cc3ccc(N)cc3)ccc2c1. The van der Waals surface area contributed by atoms with Crippen LogP contribution in [0.2, 0.25) is 0 Å². The second kappa shape index (κ2) is 6.16. The Bertz CT molecular complexity index is 880. The molecule has 0 aliphatic rings.